The molecule has 0 bridgehead atoms. The number of rotatable bonds is 7. The molecule has 32 heavy (non-hydrogen) atoms. The Hall–Kier alpha value is -3.03. The molecular formula is C22H20F2N4O2S2. The van der Waals surface area contributed by atoms with Gasteiger partial charge in [0.15, 0.2) is 5.11 Å². The Bertz CT molecular complexity index is 1150. The van der Waals surface area contributed by atoms with Crippen LogP contribution in [0.5, 0.6) is 5.75 Å². The fourth-order valence-corrected chi connectivity index (χ4v) is 4.55. The maximum absolute atomic E-state index is 13.2. The molecule has 0 atom stereocenters. The van der Waals surface area contributed by atoms with Gasteiger partial charge in [0.2, 0.25) is 0 Å². The highest BCUT2D eigenvalue weighted by Gasteiger charge is 2.29. The minimum Gasteiger partial charge on any atom is -0.496 e. The number of ether oxygens (including phenoxy) is 1. The molecule has 10 heteroatoms. The fraction of sp³-hybridized carbons (Fsp3) is 0.273. The van der Waals surface area contributed by atoms with E-state index in [2.05, 4.69) is 10.3 Å². The summed E-state index contributed by atoms with van der Waals surface area (Å²) in [7, 11) is 1.53. The first-order valence-electron chi connectivity index (χ1n) is 9.63. The molecule has 1 aromatic carbocycles. The van der Waals surface area contributed by atoms with E-state index in [1.165, 1.54) is 29.8 Å². The zero-order valence-electron chi connectivity index (χ0n) is 17.6. The van der Waals surface area contributed by atoms with Crippen molar-refractivity contribution in [1.82, 2.24) is 15.2 Å². The highest BCUT2D eigenvalue weighted by Crippen LogP contribution is 2.33. The molecule has 0 saturated carbocycles. The molecule has 1 fully saturated rings. The van der Waals surface area contributed by atoms with Crippen LogP contribution in [0.3, 0.4) is 0 Å². The third kappa shape index (κ3) is 4.89. The maximum atomic E-state index is 13.2. The molecule has 2 aromatic rings. The van der Waals surface area contributed by atoms with Crippen molar-refractivity contribution >= 4 is 41.1 Å². The van der Waals surface area contributed by atoms with Gasteiger partial charge in [-0.25, -0.2) is 13.8 Å². The lowest BCUT2D eigenvalue weighted by molar-refractivity contribution is -0.122. The lowest BCUT2D eigenvalue weighted by Gasteiger charge is -2.12. The highest BCUT2D eigenvalue weighted by molar-refractivity contribution is 7.98. The topological polar surface area (TPSA) is 78.2 Å². The van der Waals surface area contributed by atoms with E-state index in [9.17, 15) is 18.8 Å². The molecule has 166 valence electrons. The summed E-state index contributed by atoms with van der Waals surface area (Å²) in [6.07, 6.45) is -1.03. The first-order chi connectivity index (χ1) is 15.3. The number of nitriles is 1. The van der Waals surface area contributed by atoms with E-state index >= 15 is 0 Å². The van der Waals surface area contributed by atoms with Gasteiger partial charge in [0.1, 0.15) is 28.2 Å². The number of hydrogen-bond acceptors (Lipinski definition) is 6. The van der Waals surface area contributed by atoms with Crippen molar-refractivity contribution in [2.24, 2.45) is 0 Å². The van der Waals surface area contributed by atoms with Gasteiger partial charge in [0, 0.05) is 17.9 Å². The van der Waals surface area contributed by atoms with Gasteiger partial charge < -0.3 is 10.1 Å². The number of nitrogens with zero attached hydrogens (tertiary/aromatic N) is 3. The quantitative estimate of drug-likeness (QED) is 0.358. The Balaban J connectivity index is 1.90. The Kier molecular flexibility index (Phi) is 7.43. The van der Waals surface area contributed by atoms with Crippen molar-refractivity contribution in [3.63, 3.8) is 0 Å². The third-order valence-corrected chi connectivity index (χ3v) is 6.14. The number of methoxy groups -OCH3 is 1. The minimum atomic E-state index is -2.73. The molecule has 3 rings (SSSR count). The van der Waals surface area contributed by atoms with Gasteiger partial charge in [-0.2, -0.15) is 5.26 Å². The SMILES string of the molecule is CCN1C(=O)/C(=C\c2ccc(OC)c(CSc3nc(C(F)F)cc(C)c3C#N)c2)NC1=S. The summed E-state index contributed by atoms with van der Waals surface area (Å²) in [5, 5.41) is 13.0. The van der Waals surface area contributed by atoms with Crippen LogP contribution >= 0.6 is 24.0 Å². The van der Waals surface area contributed by atoms with Crippen LogP contribution in [0.4, 0.5) is 8.78 Å². The molecule has 6 nitrogen and oxygen atoms in total. The van der Waals surface area contributed by atoms with E-state index in [-0.39, 0.29) is 22.2 Å². The highest BCUT2D eigenvalue weighted by atomic mass is 32.2. The zero-order chi connectivity index (χ0) is 23.4. The second-order valence-corrected chi connectivity index (χ2v) is 8.20. The van der Waals surface area contributed by atoms with Crippen molar-refractivity contribution in [2.45, 2.75) is 31.1 Å². The summed E-state index contributed by atoms with van der Waals surface area (Å²) in [5.74, 6) is 0.720. The third-order valence-electron chi connectivity index (χ3n) is 4.80. The first kappa shape index (κ1) is 23.6. The number of alkyl halides is 2. The maximum Gasteiger partial charge on any atom is 0.280 e. The first-order valence-corrected chi connectivity index (χ1v) is 11.0. The van der Waals surface area contributed by atoms with Crippen LogP contribution in [-0.4, -0.2) is 34.6 Å². The lowest BCUT2D eigenvalue weighted by Crippen LogP contribution is -2.30. The number of likely N-dealkylation sites (N-methyl/N-ethyl adjacent to an activating group) is 1. The molecule has 0 aliphatic carbocycles. The smallest absolute Gasteiger partial charge is 0.280 e. The zero-order valence-corrected chi connectivity index (χ0v) is 19.2. The van der Waals surface area contributed by atoms with Crippen molar-refractivity contribution in [3.8, 4) is 11.8 Å². The van der Waals surface area contributed by atoms with Gasteiger partial charge in [0.25, 0.3) is 12.3 Å². The van der Waals surface area contributed by atoms with E-state index in [1.807, 2.05) is 19.1 Å². The van der Waals surface area contributed by atoms with E-state index < -0.39 is 6.43 Å². The summed E-state index contributed by atoms with van der Waals surface area (Å²) in [4.78, 5) is 17.9. The van der Waals surface area contributed by atoms with Crippen LogP contribution in [0, 0.1) is 18.3 Å². The van der Waals surface area contributed by atoms with Crippen molar-refractivity contribution in [2.75, 3.05) is 13.7 Å². The molecule has 1 amide bonds. The molecule has 0 radical (unpaired) electrons. The number of aromatic nitrogens is 1. The predicted octanol–water partition coefficient (Wildman–Crippen LogP) is 4.58. The monoisotopic (exact) mass is 474 g/mol. The van der Waals surface area contributed by atoms with Gasteiger partial charge in [0.05, 0.1) is 12.7 Å². The lowest BCUT2D eigenvalue weighted by atomic mass is 10.1. The number of hydrogen-bond donors (Lipinski definition) is 1. The molecule has 0 spiro atoms. The molecular weight excluding hydrogens is 454 g/mol. The minimum absolute atomic E-state index is 0.202. The number of thioether (sulfide) groups is 1. The van der Waals surface area contributed by atoms with Crippen LogP contribution in [0.25, 0.3) is 6.08 Å². The van der Waals surface area contributed by atoms with E-state index in [0.717, 1.165) is 11.1 Å². The molecule has 1 saturated heterocycles. The number of thiocarbonyl (C=S) groups is 1. The Labute approximate surface area is 194 Å². The summed E-state index contributed by atoms with van der Waals surface area (Å²) in [5.41, 5.74) is 2.23. The van der Waals surface area contributed by atoms with Gasteiger partial charge in [-0.3, -0.25) is 9.69 Å². The Morgan fingerprint density at radius 3 is 2.75 bits per heavy atom. The van der Waals surface area contributed by atoms with E-state index in [0.29, 0.717) is 34.4 Å². The van der Waals surface area contributed by atoms with Crippen LogP contribution in [0.1, 0.15) is 41.3 Å². The second kappa shape index (κ2) is 10.1. The second-order valence-electron chi connectivity index (χ2n) is 6.85. The molecule has 1 N–H and O–H groups in total. The standard InChI is InChI=1S/C22H20F2N4O2S2/c1-4-28-21(29)17(27-22(28)31)9-13-5-6-18(30-3)14(8-13)11-32-20-15(10-25)12(2)7-16(26-20)19(23)24/h5-9,19H,4,11H2,1-3H3,(H,27,31)/b17-9+. The number of amides is 1. The van der Waals surface area contributed by atoms with E-state index in [4.69, 9.17) is 17.0 Å². The molecule has 1 aliphatic heterocycles. The Morgan fingerprint density at radius 2 is 2.16 bits per heavy atom. The Morgan fingerprint density at radius 1 is 1.41 bits per heavy atom. The number of pyridine rings is 1. The van der Waals surface area contributed by atoms with Crippen molar-refractivity contribution in [3.05, 3.63) is 57.9 Å². The van der Waals surface area contributed by atoms with Gasteiger partial charge in [-0.1, -0.05) is 6.07 Å². The predicted molar refractivity (Wildman–Crippen MR) is 122 cm³/mol. The number of carbonyl (C=O) groups is 1. The molecule has 0 unspecified atom stereocenters. The van der Waals surface area contributed by atoms with Crippen LogP contribution in [0.2, 0.25) is 0 Å². The number of carbonyl (C=O) groups excluding carboxylic acids is 1. The molecule has 1 aliphatic rings. The normalized spacial score (nSPS) is 14.8. The van der Waals surface area contributed by atoms with Crippen LogP contribution < -0.4 is 10.1 Å². The summed E-state index contributed by atoms with van der Waals surface area (Å²) < 4.78 is 31.8. The fourth-order valence-electron chi connectivity index (χ4n) is 3.19. The van der Waals surface area contributed by atoms with Gasteiger partial charge in [-0.05, 0) is 61.5 Å². The number of benzene rings is 1. The molecule has 2 heterocycles. The number of halogens is 2. The van der Waals surface area contributed by atoms with E-state index in [1.54, 1.807) is 25.1 Å². The molecule has 1 aromatic heterocycles. The number of aryl methyl sites for hydroxylation is 1. The largest absolute Gasteiger partial charge is 0.496 e. The summed E-state index contributed by atoms with van der Waals surface area (Å²) >= 11 is 6.35. The van der Waals surface area contributed by atoms with Crippen molar-refractivity contribution < 1.29 is 18.3 Å². The van der Waals surface area contributed by atoms with Crippen LogP contribution in [0.15, 0.2) is 35.0 Å². The number of nitrogens with one attached hydrogen (secondary N) is 1. The van der Waals surface area contributed by atoms with Gasteiger partial charge >= 0.3 is 0 Å². The van der Waals surface area contributed by atoms with Crippen molar-refractivity contribution in [1.29, 1.82) is 5.26 Å². The van der Waals surface area contributed by atoms with Crippen LogP contribution in [-0.2, 0) is 10.5 Å². The summed E-state index contributed by atoms with van der Waals surface area (Å²) in [6.45, 7) is 3.92. The average molecular weight is 475 g/mol. The van der Waals surface area contributed by atoms with Gasteiger partial charge in [-0.15, -0.1) is 11.8 Å². The summed E-state index contributed by atoms with van der Waals surface area (Å²) in [6, 6.07) is 8.67. The average Bonchev–Trinajstić information content (AvgIpc) is 3.03.